The highest BCUT2D eigenvalue weighted by Crippen LogP contribution is 2.25. The molecule has 1 heterocycles. The Bertz CT molecular complexity index is 1010. The number of nitrogens with zero attached hydrogens (tertiary/aromatic N) is 2. The fraction of sp³-hybridized carbons (Fsp3) is 0. The summed E-state index contributed by atoms with van der Waals surface area (Å²) in [4.78, 5) is 12.5. The molecule has 0 spiro atoms. The first-order valence-electron chi connectivity index (χ1n) is 8.22. The normalized spacial score (nSPS) is 10.5. The lowest BCUT2D eigenvalue weighted by Gasteiger charge is -2.01. The zero-order chi connectivity index (χ0) is 17.8. The number of carbonyl (C=O) groups is 1. The number of hydrogen-bond acceptors (Lipinski definition) is 3. The third-order valence-electron chi connectivity index (χ3n) is 3.95. The van der Waals surface area contributed by atoms with Crippen LogP contribution in [0, 0.1) is 0 Å². The van der Waals surface area contributed by atoms with E-state index in [1.165, 1.54) is 0 Å². The molecule has 0 unspecified atom stereocenters. The van der Waals surface area contributed by atoms with Crippen LogP contribution in [-0.2, 0) is 0 Å². The van der Waals surface area contributed by atoms with Gasteiger partial charge >= 0.3 is 11.6 Å². The fourth-order valence-corrected chi connectivity index (χ4v) is 2.70. The van der Waals surface area contributed by atoms with Crippen LogP contribution >= 0.6 is 0 Å². The van der Waals surface area contributed by atoms with Gasteiger partial charge in [0.2, 0.25) is 11.0 Å². The number of nitrogens with one attached hydrogen (secondary N) is 1. The van der Waals surface area contributed by atoms with E-state index in [1.807, 2.05) is 78.9 Å². The Morgan fingerprint density at radius 2 is 1.38 bits per heavy atom. The molecule has 4 aromatic rings. The lowest BCUT2D eigenvalue weighted by Crippen LogP contribution is -2.34. The number of benzene rings is 3. The van der Waals surface area contributed by atoms with Crippen LogP contribution in [0.5, 0.6) is 0 Å². The maximum absolute atomic E-state index is 12.5. The first-order chi connectivity index (χ1) is 12.8. The molecule has 5 heteroatoms. The molecule has 0 saturated carbocycles. The average molecular weight is 342 g/mol. The Hall–Kier alpha value is -3.73. The number of amides is 1. The van der Waals surface area contributed by atoms with Crippen LogP contribution in [0.15, 0.2) is 95.5 Å². The molecule has 0 atom stereocenters. The summed E-state index contributed by atoms with van der Waals surface area (Å²) in [7, 11) is 0. The standard InChI is InChI=1S/C21H15N3O2/c25-20(17-12-6-2-7-13-17)22-21-19(16-10-4-1-5-11-16)24(23-26-21)18-14-8-3-9-15-18/h1-15H/p+1. The minimum atomic E-state index is -0.251. The Morgan fingerprint density at radius 1 is 0.808 bits per heavy atom. The third kappa shape index (κ3) is 3.10. The Kier molecular flexibility index (Phi) is 4.26. The molecule has 0 fully saturated rings. The molecule has 0 bridgehead atoms. The molecule has 4 rings (SSSR count). The van der Waals surface area contributed by atoms with Crippen molar-refractivity contribution in [1.82, 2.24) is 5.27 Å². The highest BCUT2D eigenvalue weighted by Gasteiger charge is 2.29. The topological polar surface area (TPSA) is 59.0 Å². The van der Waals surface area contributed by atoms with Crippen LogP contribution in [0.1, 0.15) is 10.4 Å². The van der Waals surface area contributed by atoms with Gasteiger partial charge in [-0.1, -0.05) is 54.6 Å². The van der Waals surface area contributed by atoms with Gasteiger partial charge in [0.05, 0.1) is 5.56 Å². The second kappa shape index (κ2) is 7.03. The largest absolute Gasteiger partial charge is 0.312 e. The first-order valence-corrected chi connectivity index (χ1v) is 8.22. The van der Waals surface area contributed by atoms with E-state index in [2.05, 4.69) is 10.6 Å². The van der Waals surface area contributed by atoms with Crippen molar-refractivity contribution in [2.24, 2.45) is 0 Å². The molecule has 126 valence electrons. The zero-order valence-electron chi connectivity index (χ0n) is 13.9. The summed E-state index contributed by atoms with van der Waals surface area (Å²) < 4.78 is 7.15. The summed E-state index contributed by atoms with van der Waals surface area (Å²) in [5.41, 5.74) is 2.96. The molecule has 1 aromatic heterocycles. The van der Waals surface area contributed by atoms with E-state index < -0.39 is 0 Å². The summed E-state index contributed by atoms with van der Waals surface area (Å²) >= 11 is 0. The molecule has 0 radical (unpaired) electrons. The van der Waals surface area contributed by atoms with E-state index in [0.29, 0.717) is 17.1 Å². The lowest BCUT2D eigenvalue weighted by molar-refractivity contribution is -0.660. The number of para-hydroxylation sites is 1. The summed E-state index contributed by atoms with van der Waals surface area (Å²) in [6, 6.07) is 28.3. The second-order valence-corrected chi connectivity index (χ2v) is 5.68. The molecule has 26 heavy (non-hydrogen) atoms. The SMILES string of the molecule is O=C(Nc1on[n+](-c2ccccc2)c1-c1ccccc1)c1ccccc1. The monoisotopic (exact) mass is 342 g/mol. The molecule has 0 saturated heterocycles. The van der Waals surface area contributed by atoms with E-state index in [0.717, 1.165) is 11.3 Å². The van der Waals surface area contributed by atoms with Gasteiger partial charge in [0.15, 0.2) is 0 Å². The highest BCUT2D eigenvalue weighted by molar-refractivity contribution is 6.04. The van der Waals surface area contributed by atoms with Crippen molar-refractivity contribution >= 4 is 11.8 Å². The second-order valence-electron chi connectivity index (χ2n) is 5.68. The number of carbonyl (C=O) groups excluding carboxylic acids is 1. The molecule has 1 N–H and O–H groups in total. The third-order valence-corrected chi connectivity index (χ3v) is 3.95. The molecule has 5 nitrogen and oxygen atoms in total. The smallest absolute Gasteiger partial charge is 0.284 e. The Balaban J connectivity index is 1.78. The molecule has 0 aliphatic heterocycles. The summed E-state index contributed by atoms with van der Waals surface area (Å²) in [6.07, 6.45) is 0. The van der Waals surface area contributed by atoms with Crippen molar-refractivity contribution in [3.8, 4) is 16.9 Å². The van der Waals surface area contributed by atoms with Gasteiger partial charge in [-0.05, 0) is 28.9 Å². The predicted molar refractivity (Wildman–Crippen MR) is 97.9 cm³/mol. The molecule has 3 aromatic carbocycles. The highest BCUT2D eigenvalue weighted by atomic mass is 16.5. The summed E-state index contributed by atoms with van der Waals surface area (Å²) in [6.45, 7) is 0. The van der Waals surface area contributed by atoms with Crippen molar-refractivity contribution in [3.63, 3.8) is 0 Å². The van der Waals surface area contributed by atoms with Crippen LogP contribution in [0.4, 0.5) is 5.88 Å². The molecule has 0 aliphatic carbocycles. The van der Waals surface area contributed by atoms with Crippen LogP contribution in [0.3, 0.4) is 0 Å². The van der Waals surface area contributed by atoms with E-state index in [1.54, 1.807) is 16.8 Å². The number of hydrogen-bond donors (Lipinski definition) is 1. The van der Waals surface area contributed by atoms with Crippen molar-refractivity contribution in [1.29, 1.82) is 0 Å². The van der Waals surface area contributed by atoms with Gasteiger partial charge in [-0.15, -0.1) is 0 Å². The van der Waals surface area contributed by atoms with Gasteiger partial charge in [-0.25, -0.2) is 0 Å². The molecular formula is C21H16N3O2+. The van der Waals surface area contributed by atoms with E-state index in [-0.39, 0.29) is 5.91 Å². The summed E-state index contributed by atoms with van der Waals surface area (Å²) in [5.74, 6) is 0.0491. The number of aromatic nitrogens is 2. The van der Waals surface area contributed by atoms with Crippen LogP contribution in [-0.4, -0.2) is 11.2 Å². The zero-order valence-corrected chi connectivity index (χ0v) is 13.9. The van der Waals surface area contributed by atoms with Gasteiger partial charge < -0.3 is 0 Å². The van der Waals surface area contributed by atoms with Crippen molar-refractivity contribution in [2.45, 2.75) is 0 Å². The molecule has 1 amide bonds. The van der Waals surface area contributed by atoms with Gasteiger partial charge in [0, 0.05) is 17.7 Å². The maximum Gasteiger partial charge on any atom is 0.312 e. The van der Waals surface area contributed by atoms with Gasteiger partial charge in [0.1, 0.15) is 0 Å². The van der Waals surface area contributed by atoms with Crippen molar-refractivity contribution in [3.05, 3.63) is 96.6 Å². The van der Waals surface area contributed by atoms with E-state index >= 15 is 0 Å². The summed E-state index contributed by atoms with van der Waals surface area (Å²) in [5, 5.41) is 6.96. The van der Waals surface area contributed by atoms with Gasteiger partial charge in [-0.3, -0.25) is 14.6 Å². The fourth-order valence-electron chi connectivity index (χ4n) is 2.70. The van der Waals surface area contributed by atoms with Crippen LogP contribution in [0.25, 0.3) is 16.9 Å². The predicted octanol–water partition coefficient (Wildman–Crippen LogP) is 3.87. The quantitative estimate of drug-likeness (QED) is 0.573. The minimum absolute atomic E-state index is 0.251. The molecular weight excluding hydrogens is 326 g/mol. The maximum atomic E-state index is 12.5. The van der Waals surface area contributed by atoms with Gasteiger partial charge in [0.25, 0.3) is 5.91 Å². The molecule has 0 aliphatic rings. The van der Waals surface area contributed by atoms with E-state index in [4.69, 9.17) is 4.52 Å². The lowest BCUT2D eigenvalue weighted by atomic mass is 10.1. The van der Waals surface area contributed by atoms with Crippen molar-refractivity contribution < 1.29 is 14.0 Å². The van der Waals surface area contributed by atoms with E-state index in [9.17, 15) is 4.79 Å². The van der Waals surface area contributed by atoms with Crippen molar-refractivity contribution in [2.75, 3.05) is 5.32 Å². The number of rotatable bonds is 4. The van der Waals surface area contributed by atoms with Gasteiger partial charge in [-0.2, -0.15) is 0 Å². The minimum Gasteiger partial charge on any atom is -0.284 e. The number of anilines is 1. The van der Waals surface area contributed by atoms with Crippen LogP contribution in [0.2, 0.25) is 0 Å². The Labute approximate surface area is 150 Å². The average Bonchev–Trinajstić information content (AvgIpc) is 3.13. The first kappa shape index (κ1) is 15.8. The Morgan fingerprint density at radius 3 is 2.04 bits per heavy atom. The van der Waals surface area contributed by atoms with Crippen LogP contribution < -0.4 is 10.00 Å².